The molecule has 1 aliphatic heterocycles. The Balaban J connectivity index is 1.23. The van der Waals surface area contributed by atoms with Gasteiger partial charge < -0.3 is 14.6 Å². The smallest absolute Gasteiger partial charge is 0.304 e. The standard InChI is InChI=1S/C31H32O4S/c1-18-12-22(34-16-20-6-7-20)13-19(2)31(18)27-5-3-4-26-25(27)10-11-29(26)36-23-8-9-24-21(14-30(32)33)17-35-28(24)15-23/h3-5,8-9,12-13,15,20-21,29H,6-7,10-11,14,16-17H2,1-2H3,(H,32,33). The van der Waals surface area contributed by atoms with E-state index < -0.39 is 5.97 Å². The molecule has 0 bridgehead atoms. The largest absolute Gasteiger partial charge is 0.493 e. The molecule has 0 saturated heterocycles. The Labute approximate surface area is 217 Å². The average molecular weight is 501 g/mol. The van der Waals surface area contributed by atoms with Gasteiger partial charge in [-0.3, -0.25) is 4.79 Å². The minimum atomic E-state index is -0.779. The summed E-state index contributed by atoms with van der Waals surface area (Å²) in [5, 5.41) is 9.57. The van der Waals surface area contributed by atoms with Gasteiger partial charge in [0, 0.05) is 21.6 Å². The zero-order valence-electron chi connectivity index (χ0n) is 20.9. The molecule has 5 heteroatoms. The van der Waals surface area contributed by atoms with Gasteiger partial charge in [0.15, 0.2) is 0 Å². The van der Waals surface area contributed by atoms with Crippen molar-refractivity contribution in [3.8, 4) is 22.6 Å². The Morgan fingerprint density at radius 3 is 2.61 bits per heavy atom. The number of thioether (sulfide) groups is 1. The molecule has 36 heavy (non-hydrogen) atoms. The van der Waals surface area contributed by atoms with E-state index in [1.54, 1.807) is 0 Å². The van der Waals surface area contributed by atoms with Crippen LogP contribution in [0.3, 0.4) is 0 Å². The van der Waals surface area contributed by atoms with E-state index in [1.165, 1.54) is 51.1 Å². The second-order valence-electron chi connectivity index (χ2n) is 10.5. The molecule has 1 heterocycles. The number of aryl methyl sites for hydroxylation is 2. The summed E-state index contributed by atoms with van der Waals surface area (Å²) in [5.41, 5.74) is 9.16. The van der Waals surface area contributed by atoms with Gasteiger partial charge in [-0.1, -0.05) is 24.3 Å². The molecule has 0 amide bonds. The number of benzene rings is 3. The molecule has 0 aromatic heterocycles. The van der Waals surface area contributed by atoms with Crippen LogP contribution in [0.5, 0.6) is 11.5 Å². The van der Waals surface area contributed by atoms with Crippen LogP contribution in [0.1, 0.15) is 64.7 Å². The molecule has 3 aromatic carbocycles. The van der Waals surface area contributed by atoms with Crippen LogP contribution in [0.2, 0.25) is 0 Å². The van der Waals surface area contributed by atoms with Crippen LogP contribution in [0.15, 0.2) is 53.4 Å². The van der Waals surface area contributed by atoms with Gasteiger partial charge in [0.2, 0.25) is 0 Å². The first-order valence-corrected chi connectivity index (χ1v) is 13.9. The van der Waals surface area contributed by atoms with E-state index in [0.29, 0.717) is 11.9 Å². The Hall–Kier alpha value is -2.92. The lowest BCUT2D eigenvalue weighted by Crippen LogP contribution is -2.07. The van der Waals surface area contributed by atoms with Crippen molar-refractivity contribution in [2.24, 2.45) is 5.92 Å². The first-order valence-electron chi connectivity index (χ1n) is 13.0. The zero-order chi connectivity index (χ0) is 24.8. The van der Waals surface area contributed by atoms with Gasteiger partial charge in [-0.15, -0.1) is 11.8 Å². The molecule has 0 spiro atoms. The lowest BCUT2D eigenvalue weighted by atomic mass is 9.90. The minimum absolute atomic E-state index is 0.0525. The summed E-state index contributed by atoms with van der Waals surface area (Å²) in [4.78, 5) is 12.3. The SMILES string of the molecule is Cc1cc(OCC2CC2)cc(C)c1-c1cccc2c1CCC2Sc1ccc2c(c1)OCC2CC(=O)O. The molecule has 1 fully saturated rings. The zero-order valence-corrected chi connectivity index (χ0v) is 21.7. The third kappa shape index (κ3) is 4.61. The third-order valence-electron chi connectivity index (χ3n) is 7.74. The predicted molar refractivity (Wildman–Crippen MR) is 143 cm³/mol. The fourth-order valence-corrected chi connectivity index (χ4v) is 7.01. The van der Waals surface area contributed by atoms with E-state index in [9.17, 15) is 4.79 Å². The van der Waals surface area contributed by atoms with Crippen LogP contribution in [0.4, 0.5) is 0 Å². The Kier molecular flexibility index (Phi) is 6.20. The molecule has 6 rings (SSSR count). The van der Waals surface area contributed by atoms with Crippen LogP contribution in [0.25, 0.3) is 11.1 Å². The molecule has 1 N–H and O–H groups in total. The summed E-state index contributed by atoms with van der Waals surface area (Å²) in [5.74, 6) is 1.75. The maximum atomic E-state index is 11.2. The lowest BCUT2D eigenvalue weighted by Gasteiger charge is -2.18. The quantitative estimate of drug-likeness (QED) is 0.347. The summed E-state index contributed by atoms with van der Waals surface area (Å²) < 4.78 is 11.9. The lowest BCUT2D eigenvalue weighted by molar-refractivity contribution is -0.137. The number of carboxylic acid groups (broad SMARTS) is 1. The van der Waals surface area contributed by atoms with Crippen molar-refractivity contribution < 1.29 is 19.4 Å². The molecule has 2 aliphatic carbocycles. The normalized spacial score (nSPS) is 20.1. The highest BCUT2D eigenvalue weighted by Crippen LogP contribution is 2.49. The molecule has 3 aromatic rings. The maximum Gasteiger partial charge on any atom is 0.304 e. The number of hydrogen-bond donors (Lipinski definition) is 1. The van der Waals surface area contributed by atoms with Gasteiger partial charge >= 0.3 is 5.97 Å². The molecular formula is C31H32O4S. The molecule has 2 atom stereocenters. The molecule has 4 nitrogen and oxygen atoms in total. The number of hydrogen-bond acceptors (Lipinski definition) is 4. The predicted octanol–water partition coefficient (Wildman–Crippen LogP) is 7.49. The Morgan fingerprint density at radius 2 is 1.86 bits per heavy atom. The van der Waals surface area contributed by atoms with Gasteiger partial charge in [-0.25, -0.2) is 0 Å². The Morgan fingerprint density at radius 1 is 1.06 bits per heavy atom. The fourth-order valence-electron chi connectivity index (χ4n) is 5.78. The molecule has 186 valence electrons. The number of rotatable bonds is 8. The van der Waals surface area contributed by atoms with Crippen LogP contribution < -0.4 is 9.47 Å². The molecule has 3 aliphatic rings. The first-order chi connectivity index (χ1) is 17.5. The van der Waals surface area contributed by atoms with E-state index in [-0.39, 0.29) is 12.3 Å². The van der Waals surface area contributed by atoms with Gasteiger partial charge in [-0.05, 0) is 103 Å². The van der Waals surface area contributed by atoms with Crippen molar-refractivity contribution in [1.82, 2.24) is 0 Å². The van der Waals surface area contributed by atoms with Gasteiger partial charge in [0.05, 0.1) is 19.6 Å². The van der Waals surface area contributed by atoms with E-state index in [4.69, 9.17) is 14.6 Å². The van der Waals surface area contributed by atoms with Crippen molar-refractivity contribution in [1.29, 1.82) is 0 Å². The number of ether oxygens (including phenoxy) is 2. The van der Waals surface area contributed by atoms with Crippen LogP contribution in [-0.4, -0.2) is 24.3 Å². The maximum absolute atomic E-state index is 11.2. The topological polar surface area (TPSA) is 55.8 Å². The number of fused-ring (bicyclic) bond motifs is 2. The van der Waals surface area contributed by atoms with E-state index in [0.717, 1.165) is 42.4 Å². The molecule has 1 saturated carbocycles. The van der Waals surface area contributed by atoms with E-state index >= 15 is 0 Å². The number of carbonyl (C=O) groups is 1. The molecular weight excluding hydrogens is 468 g/mol. The van der Waals surface area contributed by atoms with Crippen molar-refractivity contribution >= 4 is 17.7 Å². The van der Waals surface area contributed by atoms with Gasteiger partial charge in [0.25, 0.3) is 0 Å². The van der Waals surface area contributed by atoms with Crippen molar-refractivity contribution in [2.45, 2.75) is 62.0 Å². The van der Waals surface area contributed by atoms with Gasteiger partial charge in [0.1, 0.15) is 11.5 Å². The highest BCUT2D eigenvalue weighted by atomic mass is 32.2. The van der Waals surface area contributed by atoms with Crippen molar-refractivity contribution in [3.05, 3.63) is 76.3 Å². The van der Waals surface area contributed by atoms with Crippen LogP contribution in [-0.2, 0) is 11.2 Å². The second-order valence-corrected chi connectivity index (χ2v) is 11.8. The third-order valence-corrected chi connectivity index (χ3v) is 9.04. The number of aliphatic carboxylic acids is 1. The second kappa shape index (κ2) is 9.51. The summed E-state index contributed by atoms with van der Waals surface area (Å²) in [7, 11) is 0. The van der Waals surface area contributed by atoms with Crippen LogP contribution >= 0.6 is 11.8 Å². The highest BCUT2D eigenvalue weighted by molar-refractivity contribution is 7.99. The summed E-state index contributed by atoms with van der Waals surface area (Å²) in [6.07, 6.45) is 4.90. The molecule has 2 unspecified atom stereocenters. The van der Waals surface area contributed by atoms with Gasteiger partial charge in [-0.2, -0.15) is 0 Å². The fraction of sp³-hybridized carbons (Fsp3) is 0.387. The summed E-state index contributed by atoms with van der Waals surface area (Å²) in [6.45, 7) is 5.70. The summed E-state index contributed by atoms with van der Waals surface area (Å²) in [6, 6.07) is 17.4. The minimum Gasteiger partial charge on any atom is -0.493 e. The van der Waals surface area contributed by atoms with Crippen LogP contribution in [0, 0.1) is 19.8 Å². The summed E-state index contributed by atoms with van der Waals surface area (Å²) >= 11 is 1.89. The van der Waals surface area contributed by atoms with E-state index in [2.05, 4.69) is 62.4 Å². The average Bonchev–Trinajstić information content (AvgIpc) is 3.47. The Bertz CT molecular complexity index is 1300. The first kappa shape index (κ1) is 23.5. The van der Waals surface area contributed by atoms with E-state index in [1.807, 2.05) is 11.8 Å². The number of carboxylic acids is 1. The van der Waals surface area contributed by atoms with Crippen molar-refractivity contribution in [2.75, 3.05) is 13.2 Å². The highest BCUT2D eigenvalue weighted by Gasteiger charge is 2.29. The monoisotopic (exact) mass is 500 g/mol. The molecule has 0 radical (unpaired) electrons. The van der Waals surface area contributed by atoms with Crippen molar-refractivity contribution in [3.63, 3.8) is 0 Å².